The molecule has 0 saturated heterocycles. The molecule has 2 heterocycles. The lowest BCUT2D eigenvalue weighted by Crippen LogP contribution is -2.32. The number of benzene rings is 2. The van der Waals surface area contributed by atoms with E-state index in [2.05, 4.69) is 108 Å². The minimum Gasteiger partial charge on any atom is -0.256 e. The summed E-state index contributed by atoms with van der Waals surface area (Å²) >= 11 is 0. The molecule has 0 atom stereocenters. The van der Waals surface area contributed by atoms with Crippen molar-refractivity contribution in [3.8, 4) is 22.5 Å². The average molecular weight is 410 g/mol. The van der Waals surface area contributed by atoms with Gasteiger partial charge in [-0.25, -0.2) is 0 Å². The zero-order valence-corrected chi connectivity index (χ0v) is 19.9. The van der Waals surface area contributed by atoms with E-state index in [4.69, 9.17) is 4.98 Å². The van der Waals surface area contributed by atoms with E-state index in [1.165, 1.54) is 44.4 Å². The molecule has 0 spiro atoms. The molecule has 0 unspecified atom stereocenters. The van der Waals surface area contributed by atoms with Gasteiger partial charge in [0.1, 0.15) is 7.05 Å². The summed E-state index contributed by atoms with van der Waals surface area (Å²) in [6.45, 7) is 13.4. The number of nitrogens with zero attached hydrogens (tertiary/aromatic N) is 2. The van der Waals surface area contributed by atoms with E-state index in [1.807, 2.05) is 6.20 Å². The third-order valence-electron chi connectivity index (χ3n) is 6.11. The van der Waals surface area contributed by atoms with Gasteiger partial charge in [-0.05, 0) is 79.6 Å². The average Bonchev–Trinajstić information content (AvgIpc) is 2.70. The summed E-state index contributed by atoms with van der Waals surface area (Å²) in [6, 6.07) is 20.0. The Morgan fingerprint density at radius 1 is 0.871 bits per heavy atom. The van der Waals surface area contributed by atoms with Gasteiger partial charge in [0.05, 0.1) is 5.69 Å². The predicted octanol–water partition coefficient (Wildman–Crippen LogP) is 6.91. The van der Waals surface area contributed by atoms with E-state index >= 15 is 0 Å². The van der Waals surface area contributed by atoms with Gasteiger partial charge in [-0.2, -0.15) is 4.57 Å². The van der Waals surface area contributed by atoms with Crippen LogP contribution in [-0.2, 0) is 13.5 Å². The lowest BCUT2D eigenvalue weighted by molar-refractivity contribution is -0.633. The highest BCUT2D eigenvalue weighted by Gasteiger charge is 2.18. The van der Waals surface area contributed by atoms with Crippen LogP contribution in [0.2, 0.25) is 0 Å². The smallest absolute Gasteiger partial charge is 0.213 e. The van der Waals surface area contributed by atoms with E-state index in [0.717, 1.165) is 17.7 Å². The molecule has 2 aromatic carbocycles. The van der Waals surface area contributed by atoms with Crippen LogP contribution in [0.25, 0.3) is 33.4 Å². The maximum absolute atomic E-state index is 4.75. The molecule has 0 aliphatic rings. The van der Waals surface area contributed by atoms with Crippen molar-refractivity contribution in [3.63, 3.8) is 0 Å². The van der Waals surface area contributed by atoms with Gasteiger partial charge in [0.25, 0.3) is 0 Å². The van der Waals surface area contributed by atoms with Gasteiger partial charge < -0.3 is 0 Å². The van der Waals surface area contributed by atoms with E-state index in [-0.39, 0.29) is 5.41 Å². The van der Waals surface area contributed by atoms with Crippen LogP contribution in [-0.4, -0.2) is 4.98 Å². The van der Waals surface area contributed by atoms with Gasteiger partial charge in [0, 0.05) is 34.8 Å². The summed E-state index contributed by atoms with van der Waals surface area (Å²) in [5, 5.41) is 1.23. The Labute approximate surface area is 186 Å². The first-order valence-corrected chi connectivity index (χ1v) is 11.1. The van der Waals surface area contributed by atoms with Crippen LogP contribution in [0.15, 0.2) is 60.8 Å². The quantitative estimate of drug-likeness (QED) is 0.336. The third-order valence-corrected chi connectivity index (χ3v) is 6.11. The SMILES string of the molecule is Cc1cc(C)c(C)c(-c2ccc3cc(-c4ccc(CC(C)(C)C)cn4)ccc3[n+]2C)c1. The Balaban J connectivity index is 1.73. The summed E-state index contributed by atoms with van der Waals surface area (Å²) in [7, 11) is 2.16. The van der Waals surface area contributed by atoms with Crippen LogP contribution in [0.5, 0.6) is 0 Å². The molecular formula is C29H33N2+. The van der Waals surface area contributed by atoms with Crippen molar-refractivity contribution in [2.24, 2.45) is 12.5 Å². The van der Waals surface area contributed by atoms with Gasteiger partial charge in [-0.15, -0.1) is 0 Å². The topological polar surface area (TPSA) is 16.8 Å². The second kappa shape index (κ2) is 7.92. The lowest BCUT2D eigenvalue weighted by atomic mass is 9.89. The fourth-order valence-electron chi connectivity index (χ4n) is 4.45. The van der Waals surface area contributed by atoms with Crippen molar-refractivity contribution < 1.29 is 4.57 Å². The summed E-state index contributed by atoms with van der Waals surface area (Å²) in [6.07, 6.45) is 3.06. The van der Waals surface area contributed by atoms with Crippen molar-refractivity contribution in [1.82, 2.24) is 4.98 Å². The van der Waals surface area contributed by atoms with Crippen LogP contribution < -0.4 is 4.57 Å². The fraction of sp³-hybridized carbons (Fsp3) is 0.310. The Hall–Kier alpha value is -3.00. The van der Waals surface area contributed by atoms with Gasteiger partial charge in [-0.1, -0.05) is 38.5 Å². The summed E-state index contributed by atoms with van der Waals surface area (Å²) in [5.74, 6) is 0. The highest BCUT2D eigenvalue weighted by atomic mass is 14.9. The fourth-order valence-corrected chi connectivity index (χ4v) is 4.45. The van der Waals surface area contributed by atoms with Crippen LogP contribution in [0.1, 0.15) is 43.0 Å². The number of hydrogen-bond donors (Lipinski definition) is 0. The zero-order valence-electron chi connectivity index (χ0n) is 19.9. The number of fused-ring (bicyclic) bond motifs is 1. The standard InChI is InChI=1S/C29H33N2/c1-19-14-20(2)21(3)25(15-19)28-13-10-24-16-23(9-12-27(24)31(28)7)26-11-8-22(18-30-26)17-29(4,5)6/h8-16,18H,17H2,1-7H3/q+1. The first-order chi connectivity index (χ1) is 14.6. The number of aryl methyl sites for hydroxylation is 3. The van der Waals surface area contributed by atoms with Crippen molar-refractivity contribution in [3.05, 3.63) is 83.0 Å². The Kier molecular flexibility index (Phi) is 5.43. The largest absolute Gasteiger partial charge is 0.256 e. The molecule has 0 radical (unpaired) electrons. The van der Waals surface area contributed by atoms with Gasteiger partial charge in [0.2, 0.25) is 11.2 Å². The molecule has 0 N–H and O–H groups in total. The number of hydrogen-bond acceptors (Lipinski definition) is 1. The molecule has 4 rings (SSSR count). The molecule has 31 heavy (non-hydrogen) atoms. The monoisotopic (exact) mass is 409 g/mol. The molecule has 2 heteroatoms. The molecule has 0 aliphatic heterocycles. The third kappa shape index (κ3) is 4.39. The van der Waals surface area contributed by atoms with Crippen molar-refractivity contribution in [2.45, 2.75) is 48.0 Å². The van der Waals surface area contributed by atoms with E-state index < -0.39 is 0 Å². The van der Waals surface area contributed by atoms with Crippen LogP contribution in [0.4, 0.5) is 0 Å². The molecule has 158 valence electrons. The maximum Gasteiger partial charge on any atom is 0.213 e. The Bertz CT molecular complexity index is 1260. The number of rotatable bonds is 3. The highest BCUT2D eigenvalue weighted by Crippen LogP contribution is 2.28. The molecule has 0 bridgehead atoms. The van der Waals surface area contributed by atoms with Gasteiger partial charge >= 0.3 is 0 Å². The Morgan fingerprint density at radius 3 is 2.32 bits per heavy atom. The molecule has 0 saturated carbocycles. The summed E-state index contributed by atoms with van der Waals surface area (Å²) in [4.78, 5) is 4.75. The van der Waals surface area contributed by atoms with Gasteiger partial charge in [0.15, 0.2) is 0 Å². The number of aromatic nitrogens is 2. The first kappa shape index (κ1) is 21.2. The summed E-state index contributed by atoms with van der Waals surface area (Å²) in [5.41, 5.74) is 11.5. The number of pyridine rings is 2. The van der Waals surface area contributed by atoms with E-state index in [0.29, 0.717) is 0 Å². The van der Waals surface area contributed by atoms with Gasteiger partial charge in [-0.3, -0.25) is 4.98 Å². The van der Waals surface area contributed by atoms with E-state index in [9.17, 15) is 0 Å². The minimum absolute atomic E-state index is 0.271. The molecule has 2 aromatic heterocycles. The second-order valence-electron chi connectivity index (χ2n) is 10.1. The molecule has 0 aliphatic carbocycles. The zero-order chi connectivity index (χ0) is 22.3. The van der Waals surface area contributed by atoms with Crippen molar-refractivity contribution >= 4 is 10.9 Å². The Morgan fingerprint density at radius 2 is 1.65 bits per heavy atom. The van der Waals surface area contributed by atoms with Crippen molar-refractivity contribution in [2.75, 3.05) is 0 Å². The molecule has 2 nitrogen and oxygen atoms in total. The highest BCUT2D eigenvalue weighted by molar-refractivity contribution is 5.83. The minimum atomic E-state index is 0.271. The first-order valence-electron chi connectivity index (χ1n) is 11.1. The van der Waals surface area contributed by atoms with Crippen molar-refractivity contribution in [1.29, 1.82) is 0 Å². The maximum atomic E-state index is 4.75. The van der Waals surface area contributed by atoms with Crippen LogP contribution >= 0.6 is 0 Å². The van der Waals surface area contributed by atoms with E-state index in [1.54, 1.807) is 0 Å². The molecule has 0 amide bonds. The van der Waals surface area contributed by atoms with Crippen LogP contribution in [0, 0.1) is 26.2 Å². The lowest BCUT2D eigenvalue weighted by Gasteiger charge is -2.17. The molecule has 4 aromatic rings. The van der Waals surface area contributed by atoms with Crippen LogP contribution in [0.3, 0.4) is 0 Å². The molecule has 0 fully saturated rings. The molecular weight excluding hydrogens is 376 g/mol. The second-order valence-corrected chi connectivity index (χ2v) is 10.1. The predicted molar refractivity (Wildman–Crippen MR) is 131 cm³/mol. The summed E-state index contributed by atoms with van der Waals surface area (Å²) < 4.78 is 2.31. The normalized spacial score (nSPS) is 11.8.